The molecule has 6 heteroatoms. The van der Waals surface area contributed by atoms with Crippen LogP contribution in [0.4, 0.5) is 5.82 Å². The summed E-state index contributed by atoms with van der Waals surface area (Å²) in [5.74, 6) is 4.95. The Hall–Kier alpha value is -2.91. The fourth-order valence-corrected chi connectivity index (χ4v) is 1.65. The number of hydrogen-bond acceptors (Lipinski definition) is 4. The van der Waals surface area contributed by atoms with Crippen LogP contribution < -0.4 is 10.7 Å². The van der Waals surface area contributed by atoms with E-state index in [1.54, 1.807) is 19.1 Å². The molecule has 2 aromatic rings. The molecule has 0 saturated heterocycles. The van der Waals surface area contributed by atoms with Gasteiger partial charge in [0.25, 0.3) is 5.91 Å². The summed E-state index contributed by atoms with van der Waals surface area (Å²) in [6.45, 7) is 1.48. The third kappa shape index (κ3) is 3.78. The number of amides is 1. The van der Waals surface area contributed by atoms with Crippen LogP contribution in [0.3, 0.4) is 0 Å². The lowest BCUT2D eigenvalue weighted by Crippen LogP contribution is -2.22. The molecule has 1 amide bonds. The molecule has 0 aliphatic rings. The highest BCUT2D eigenvalue weighted by Gasteiger charge is 2.11. The maximum absolute atomic E-state index is 12.0. The topological polar surface area (TPSA) is 95.1 Å². The number of anilines is 1. The number of H-pyrrole nitrogens is 1. The largest absolute Gasteiger partial charge is 0.384 e. The van der Waals surface area contributed by atoms with Crippen molar-refractivity contribution in [3.8, 4) is 11.8 Å². The predicted molar refractivity (Wildman–Crippen MR) is 78.0 cm³/mol. The van der Waals surface area contributed by atoms with Crippen LogP contribution in [-0.2, 0) is 0 Å². The second-order valence-corrected chi connectivity index (χ2v) is 4.24. The molecule has 0 aliphatic carbocycles. The predicted octanol–water partition coefficient (Wildman–Crippen LogP) is 0.674. The van der Waals surface area contributed by atoms with Crippen LogP contribution in [0.25, 0.3) is 0 Å². The van der Waals surface area contributed by atoms with Gasteiger partial charge in [-0.3, -0.25) is 9.59 Å². The second-order valence-electron chi connectivity index (χ2n) is 4.24. The van der Waals surface area contributed by atoms with Gasteiger partial charge in [0.2, 0.25) is 0 Å². The molecule has 21 heavy (non-hydrogen) atoms. The number of carbonyl (C=O) groups is 1. The van der Waals surface area contributed by atoms with Crippen molar-refractivity contribution in [2.75, 3.05) is 11.9 Å². The van der Waals surface area contributed by atoms with Crippen LogP contribution >= 0.6 is 0 Å². The maximum atomic E-state index is 12.0. The SMILES string of the molecule is Cc1cc(=O)c(C(=O)Nc2cc(C#CCO)ccn2)c[nH]1. The molecular weight excluding hydrogens is 270 g/mol. The first-order valence-electron chi connectivity index (χ1n) is 6.16. The van der Waals surface area contributed by atoms with E-state index in [2.05, 4.69) is 27.1 Å². The molecule has 2 heterocycles. The van der Waals surface area contributed by atoms with Gasteiger partial charge >= 0.3 is 0 Å². The summed E-state index contributed by atoms with van der Waals surface area (Å²) < 4.78 is 0. The van der Waals surface area contributed by atoms with E-state index in [0.717, 1.165) is 0 Å². The number of aromatic nitrogens is 2. The number of aromatic amines is 1. The molecule has 6 nitrogen and oxygen atoms in total. The van der Waals surface area contributed by atoms with Crippen LogP contribution in [0.1, 0.15) is 21.6 Å². The quantitative estimate of drug-likeness (QED) is 0.706. The van der Waals surface area contributed by atoms with Gasteiger partial charge in [-0.15, -0.1) is 0 Å². The minimum Gasteiger partial charge on any atom is -0.384 e. The van der Waals surface area contributed by atoms with E-state index in [1.165, 1.54) is 18.5 Å². The summed E-state index contributed by atoms with van der Waals surface area (Å²) in [6, 6.07) is 4.56. The van der Waals surface area contributed by atoms with Crippen LogP contribution in [0.5, 0.6) is 0 Å². The first kappa shape index (κ1) is 14.5. The number of hydrogen-bond donors (Lipinski definition) is 3. The highest BCUT2D eigenvalue weighted by atomic mass is 16.2. The van der Waals surface area contributed by atoms with Gasteiger partial charge in [-0.25, -0.2) is 4.98 Å². The van der Waals surface area contributed by atoms with Gasteiger partial charge < -0.3 is 15.4 Å². The van der Waals surface area contributed by atoms with Crippen LogP contribution in [0, 0.1) is 18.8 Å². The fourth-order valence-electron chi connectivity index (χ4n) is 1.65. The monoisotopic (exact) mass is 283 g/mol. The molecule has 3 N–H and O–H groups in total. The molecule has 0 aromatic carbocycles. The zero-order chi connectivity index (χ0) is 15.2. The van der Waals surface area contributed by atoms with Crippen molar-refractivity contribution in [3.05, 3.63) is 57.6 Å². The number of carbonyl (C=O) groups excluding carboxylic acids is 1. The molecule has 0 fully saturated rings. The average molecular weight is 283 g/mol. The van der Waals surface area contributed by atoms with Gasteiger partial charge in [-0.2, -0.15) is 0 Å². The maximum Gasteiger partial charge on any atom is 0.262 e. The summed E-state index contributed by atoms with van der Waals surface area (Å²) >= 11 is 0. The first-order chi connectivity index (χ1) is 10.1. The number of rotatable bonds is 2. The number of aliphatic hydroxyl groups excluding tert-OH is 1. The Morgan fingerprint density at radius 1 is 1.48 bits per heavy atom. The van der Waals surface area contributed by atoms with Crippen LogP contribution in [0.2, 0.25) is 0 Å². The third-order valence-corrected chi connectivity index (χ3v) is 2.62. The van der Waals surface area contributed by atoms with Crippen LogP contribution in [0.15, 0.2) is 35.4 Å². The lowest BCUT2D eigenvalue weighted by atomic mass is 10.2. The van der Waals surface area contributed by atoms with Crippen molar-refractivity contribution in [2.45, 2.75) is 6.92 Å². The standard InChI is InChI=1S/C15H13N3O3/c1-10-7-13(20)12(9-17-10)15(21)18-14-8-11(3-2-6-19)4-5-16-14/h4-5,7-9,19H,6H2,1H3,(H,17,20)(H,16,18,21). The zero-order valence-corrected chi connectivity index (χ0v) is 11.3. The Bertz CT molecular complexity index is 784. The fraction of sp³-hybridized carbons (Fsp3) is 0.133. The molecule has 0 radical (unpaired) electrons. The summed E-state index contributed by atoms with van der Waals surface area (Å²) in [6.07, 6.45) is 2.85. The van der Waals surface area contributed by atoms with Gasteiger partial charge in [0.15, 0.2) is 5.43 Å². The van der Waals surface area contributed by atoms with Gasteiger partial charge in [-0.1, -0.05) is 11.8 Å². The molecule has 0 aliphatic heterocycles. The lowest BCUT2D eigenvalue weighted by Gasteiger charge is -2.04. The zero-order valence-electron chi connectivity index (χ0n) is 11.3. The summed E-state index contributed by atoms with van der Waals surface area (Å²) in [7, 11) is 0. The van der Waals surface area contributed by atoms with Crippen molar-refractivity contribution in [1.29, 1.82) is 0 Å². The van der Waals surface area contributed by atoms with Crippen molar-refractivity contribution >= 4 is 11.7 Å². The summed E-state index contributed by atoms with van der Waals surface area (Å²) in [5, 5.41) is 11.2. The molecule has 0 atom stereocenters. The van der Waals surface area contributed by atoms with Gasteiger partial charge in [0.05, 0.1) is 0 Å². The Kier molecular flexibility index (Phi) is 4.49. The number of aliphatic hydroxyl groups is 1. The highest BCUT2D eigenvalue weighted by Crippen LogP contribution is 2.07. The lowest BCUT2D eigenvalue weighted by molar-refractivity contribution is 0.102. The van der Waals surface area contributed by atoms with E-state index in [4.69, 9.17) is 5.11 Å². The smallest absolute Gasteiger partial charge is 0.262 e. The van der Waals surface area contributed by atoms with E-state index in [0.29, 0.717) is 11.3 Å². The Labute approximate surface area is 120 Å². The van der Waals surface area contributed by atoms with E-state index in [-0.39, 0.29) is 23.4 Å². The molecule has 106 valence electrons. The van der Waals surface area contributed by atoms with Crippen LogP contribution in [-0.4, -0.2) is 27.6 Å². The minimum absolute atomic E-state index is 0.00856. The van der Waals surface area contributed by atoms with Crippen molar-refractivity contribution in [3.63, 3.8) is 0 Å². The Morgan fingerprint density at radius 2 is 2.29 bits per heavy atom. The average Bonchev–Trinajstić information content (AvgIpc) is 2.45. The third-order valence-electron chi connectivity index (χ3n) is 2.62. The highest BCUT2D eigenvalue weighted by molar-refractivity contribution is 6.03. The van der Waals surface area contributed by atoms with Crippen molar-refractivity contribution in [2.24, 2.45) is 0 Å². The molecule has 2 rings (SSSR count). The van der Waals surface area contributed by atoms with Crippen molar-refractivity contribution < 1.29 is 9.90 Å². The number of nitrogens with zero attached hydrogens (tertiary/aromatic N) is 1. The minimum atomic E-state index is -0.545. The Balaban J connectivity index is 2.21. The molecule has 0 unspecified atom stereocenters. The number of aryl methyl sites for hydroxylation is 1. The van der Waals surface area contributed by atoms with E-state index < -0.39 is 5.91 Å². The molecule has 0 bridgehead atoms. The van der Waals surface area contributed by atoms with Gasteiger partial charge in [0.1, 0.15) is 18.0 Å². The van der Waals surface area contributed by atoms with Gasteiger partial charge in [0, 0.05) is 29.7 Å². The molecule has 0 spiro atoms. The summed E-state index contributed by atoms with van der Waals surface area (Å²) in [5.41, 5.74) is 0.928. The number of pyridine rings is 2. The molecule has 0 saturated carbocycles. The molecular formula is C15H13N3O3. The van der Waals surface area contributed by atoms with E-state index in [9.17, 15) is 9.59 Å². The first-order valence-corrected chi connectivity index (χ1v) is 6.16. The van der Waals surface area contributed by atoms with Gasteiger partial charge in [-0.05, 0) is 19.1 Å². The second kappa shape index (κ2) is 6.50. The normalized spacial score (nSPS) is 9.62. The number of nitrogens with one attached hydrogen (secondary N) is 2. The van der Waals surface area contributed by atoms with Crippen molar-refractivity contribution in [1.82, 2.24) is 9.97 Å². The van der Waals surface area contributed by atoms with E-state index in [1.807, 2.05) is 0 Å². The van der Waals surface area contributed by atoms with E-state index >= 15 is 0 Å². The summed E-state index contributed by atoms with van der Waals surface area (Å²) in [4.78, 5) is 30.6. The Morgan fingerprint density at radius 3 is 3.00 bits per heavy atom. The molecule has 2 aromatic heterocycles.